The molecule has 0 aromatic heterocycles. The summed E-state index contributed by atoms with van der Waals surface area (Å²) in [5.41, 5.74) is 1.00. The maximum absolute atomic E-state index is 12.9. The molecule has 1 fully saturated rings. The van der Waals surface area contributed by atoms with Crippen LogP contribution in [0.15, 0.2) is 42.5 Å². The van der Waals surface area contributed by atoms with E-state index in [9.17, 15) is 14.4 Å². The second-order valence-corrected chi connectivity index (χ2v) is 7.05. The molecular formula is C20H17ClN4O3. The molecular weight excluding hydrogens is 380 g/mol. The van der Waals surface area contributed by atoms with Gasteiger partial charge in [-0.1, -0.05) is 29.8 Å². The van der Waals surface area contributed by atoms with E-state index >= 15 is 0 Å². The molecule has 4 amide bonds. The number of urea groups is 1. The number of hydrogen-bond acceptors (Lipinski definition) is 4. The smallest absolute Gasteiger partial charge is 0.324 e. The number of carbonyl (C=O) groups is 3. The topological polar surface area (TPSA) is 102 Å². The Labute approximate surface area is 166 Å². The third kappa shape index (κ3) is 3.55. The lowest BCUT2D eigenvalue weighted by molar-refractivity contribution is -0.133. The minimum absolute atomic E-state index is 0.429. The van der Waals surface area contributed by atoms with E-state index in [2.05, 4.69) is 10.6 Å². The Balaban J connectivity index is 1.74. The van der Waals surface area contributed by atoms with Gasteiger partial charge in [0.1, 0.15) is 12.1 Å². The van der Waals surface area contributed by atoms with Gasteiger partial charge < -0.3 is 10.6 Å². The van der Waals surface area contributed by atoms with Gasteiger partial charge in [0.15, 0.2) is 0 Å². The predicted octanol–water partition coefficient (Wildman–Crippen LogP) is 2.93. The van der Waals surface area contributed by atoms with Crippen molar-refractivity contribution in [2.24, 2.45) is 0 Å². The summed E-state index contributed by atoms with van der Waals surface area (Å²) < 4.78 is 0. The van der Waals surface area contributed by atoms with Crippen molar-refractivity contribution in [2.75, 3.05) is 11.9 Å². The molecule has 1 atom stereocenters. The molecule has 1 heterocycles. The van der Waals surface area contributed by atoms with E-state index in [0.29, 0.717) is 21.8 Å². The molecule has 3 rings (SSSR count). The van der Waals surface area contributed by atoms with Gasteiger partial charge in [0.05, 0.1) is 11.6 Å². The van der Waals surface area contributed by atoms with Gasteiger partial charge in [-0.05, 0) is 49.2 Å². The lowest BCUT2D eigenvalue weighted by atomic mass is 9.91. The lowest BCUT2D eigenvalue weighted by Gasteiger charge is -2.22. The Kier molecular flexibility index (Phi) is 5.08. The number of amides is 4. The van der Waals surface area contributed by atoms with E-state index < -0.39 is 29.9 Å². The summed E-state index contributed by atoms with van der Waals surface area (Å²) in [6, 6.07) is 12.7. The first-order valence-corrected chi connectivity index (χ1v) is 8.83. The fraction of sp³-hybridized carbons (Fsp3) is 0.200. The molecule has 1 saturated heterocycles. The average molecular weight is 397 g/mol. The van der Waals surface area contributed by atoms with E-state index in [4.69, 9.17) is 16.9 Å². The first kappa shape index (κ1) is 19.4. The fourth-order valence-electron chi connectivity index (χ4n) is 2.93. The van der Waals surface area contributed by atoms with Crippen molar-refractivity contribution < 1.29 is 14.4 Å². The number of rotatable bonds is 4. The van der Waals surface area contributed by atoms with Crippen LogP contribution >= 0.6 is 11.6 Å². The minimum Gasteiger partial charge on any atom is -0.324 e. The lowest BCUT2D eigenvalue weighted by Crippen LogP contribution is -2.42. The summed E-state index contributed by atoms with van der Waals surface area (Å²) in [5, 5.41) is 14.7. The van der Waals surface area contributed by atoms with Crippen molar-refractivity contribution in [1.29, 1.82) is 5.26 Å². The third-order valence-electron chi connectivity index (χ3n) is 4.62. The maximum Gasteiger partial charge on any atom is 0.325 e. The number of aryl methyl sites for hydroxylation is 1. The number of anilines is 1. The molecule has 0 bridgehead atoms. The number of imide groups is 1. The van der Waals surface area contributed by atoms with Gasteiger partial charge in [0, 0.05) is 10.7 Å². The van der Waals surface area contributed by atoms with Gasteiger partial charge in [0.25, 0.3) is 5.91 Å². The molecule has 2 N–H and O–H groups in total. The van der Waals surface area contributed by atoms with Crippen LogP contribution in [0.4, 0.5) is 10.5 Å². The van der Waals surface area contributed by atoms with Crippen LogP contribution in [0.5, 0.6) is 0 Å². The highest BCUT2D eigenvalue weighted by Gasteiger charge is 2.49. The summed E-state index contributed by atoms with van der Waals surface area (Å²) in [5.74, 6) is -1.06. The van der Waals surface area contributed by atoms with Crippen LogP contribution in [0, 0.1) is 18.3 Å². The maximum atomic E-state index is 12.9. The molecule has 1 aliphatic rings. The molecule has 7 nitrogen and oxygen atoms in total. The molecule has 1 aliphatic heterocycles. The van der Waals surface area contributed by atoms with Crippen LogP contribution < -0.4 is 10.6 Å². The highest BCUT2D eigenvalue weighted by molar-refractivity contribution is 6.31. The van der Waals surface area contributed by atoms with E-state index in [-0.39, 0.29) is 0 Å². The van der Waals surface area contributed by atoms with E-state index in [1.807, 2.05) is 13.0 Å². The minimum atomic E-state index is -1.31. The van der Waals surface area contributed by atoms with Gasteiger partial charge in [-0.3, -0.25) is 14.5 Å². The van der Waals surface area contributed by atoms with Crippen LogP contribution in [-0.2, 0) is 15.1 Å². The Morgan fingerprint density at radius 2 is 1.93 bits per heavy atom. The van der Waals surface area contributed by atoms with Crippen molar-refractivity contribution >= 4 is 35.1 Å². The molecule has 0 aliphatic carbocycles. The van der Waals surface area contributed by atoms with E-state index in [0.717, 1.165) is 10.5 Å². The quantitative estimate of drug-likeness (QED) is 0.775. The van der Waals surface area contributed by atoms with Gasteiger partial charge in [-0.25, -0.2) is 4.79 Å². The van der Waals surface area contributed by atoms with Crippen molar-refractivity contribution in [2.45, 2.75) is 19.4 Å². The number of carbonyl (C=O) groups excluding carboxylic acids is 3. The standard InChI is InChI=1S/C20H17ClN4O3/c1-12-3-8-15(9-16(12)21)23-17(26)11-25-18(27)20(2,24-19(25)28)14-6-4-13(10-22)5-7-14/h3-9H,11H2,1-2H3,(H,23,26)(H,24,28). The molecule has 0 spiro atoms. The highest BCUT2D eigenvalue weighted by atomic mass is 35.5. The Morgan fingerprint density at radius 1 is 1.25 bits per heavy atom. The van der Waals surface area contributed by atoms with Crippen LogP contribution in [0.1, 0.15) is 23.6 Å². The summed E-state index contributed by atoms with van der Waals surface area (Å²) >= 11 is 6.04. The number of halogens is 1. The Morgan fingerprint density at radius 3 is 2.54 bits per heavy atom. The second-order valence-electron chi connectivity index (χ2n) is 6.65. The van der Waals surface area contributed by atoms with Crippen molar-refractivity contribution in [3.63, 3.8) is 0 Å². The molecule has 8 heteroatoms. The SMILES string of the molecule is Cc1ccc(NC(=O)CN2C(=O)NC(C)(c3ccc(C#N)cc3)C2=O)cc1Cl. The normalized spacial score (nSPS) is 18.6. The van der Waals surface area contributed by atoms with E-state index in [1.54, 1.807) is 49.4 Å². The van der Waals surface area contributed by atoms with Gasteiger partial charge >= 0.3 is 6.03 Å². The number of nitriles is 1. The van der Waals surface area contributed by atoms with Crippen molar-refractivity contribution in [1.82, 2.24) is 10.2 Å². The van der Waals surface area contributed by atoms with Gasteiger partial charge in [-0.2, -0.15) is 5.26 Å². The van der Waals surface area contributed by atoms with E-state index in [1.165, 1.54) is 0 Å². The molecule has 0 radical (unpaired) electrons. The molecule has 2 aromatic carbocycles. The summed E-state index contributed by atoms with van der Waals surface area (Å²) in [6.07, 6.45) is 0. The summed E-state index contributed by atoms with van der Waals surface area (Å²) in [4.78, 5) is 38.4. The monoisotopic (exact) mass is 396 g/mol. The summed E-state index contributed by atoms with van der Waals surface area (Å²) in [7, 11) is 0. The molecule has 2 aromatic rings. The number of nitrogens with one attached hydrogen (secondary N) is 2. The molecule has 0 saturated carbocycles. The first-order chi connectivity index (χ1) is 13.2. The van der Waals surface area contributed by atoms with Crippen LogP contribution in [0.25, 0.3) is 0 Å². The first-order valence-electron chi connectivity index (χ1n) is 8.45. The van der Waals surface area contributed by atoms with Crippen LogP contribution in [0.2, 0.25) is 5.02 Å². The Hall–Kier alpha value is -3.37. The van der Waals surface area contributed by atoms with Crippen LogP contribution in [0.3, 0.4) is 0 Å². The number of nitrogens with zero attached hydrogens (tertiary/aromatic N) is 2. The van der Waals surface area contributed by atoms with Gasteiger partial charge in [0.2, 0.25) is 5.91 Å². The number of benzene rings is 2. The zero-order valence-electron chi connectivity index (χ0n) is 15.2. The Bertz CT molecular complexity index is 1010. The number of hydrogen-bond donors (Lipinski definition) is 2. The van der Waals surface area contributed by atoms with Gasteiger partial charge in [-0.15, -0.1) is 0 Å². The molecule has 28 heavy (non-hydrogen) atoms. The third-order valence-corrected chi connectivity index (χ3v) is 5.03. The molecule has 1 unspecified atom stereocenters. The predicted molar refractivity (Wildman–Crippen MR) is 104 cm³/mol. The fourth-order valence-corrected chi connectivity index (χ4v) is 3.11. The highest BCUT2D eigenvalue weighted by Crippen LogP contribution is 2.29. The molecule has 142 valence electrons. The zero-order chi connectivity index (χ0) is 20.5. The van der Waals surface area contributed by atoms with Crippen molar-refractivity contribution in [3.8, 4) is 6.07 Å². The van der Waals surface area contributed by atoms with Crippen molar-refractivity contribution in [3.05, 3.63) is 64.2 Å². The summed E-state index contributed by atoms with van der Waals surface area (Å²) in [6.45, 7) is 2.97. The zero-order valence-corrected chi connectivity index (χ0v) is 16.0. The van der Waals surface area contributed by atoms with Crippen LogP contribution in [-0.4, -0.2) is 29.3 Å². The average Bonchev–Trinajstić information content (AvgIpc) is 2.89. The second kappa shape index (κ2) is 7.33. The largest absolute Gasteiger partial charge is 0.325 e.